The van der Waals surface area contributed by atoms with E-state index in [9.17, 15) is 38.4 Å². The van der Waals surface area contributed by atoms with E-state index in [-0.39, 0.29) is 97.5 Å². The van der Waals surface area contributed by atoms with Gasteiger partial charge in [0.25, 0.3) is 11.8 Å². The van der Waals surface area contributed by atoms with Crippen LogP contribution in [0.1, 0.15) is 172 Å². The van der Waals surface area contributed by atoms with Crippen LogP contribution in [0.2, 0.25) is 0 Å². The first-order chi connectivity index (χ1) is 41.0. The molecule has 0 bridgehead atoms. The van der Waals surface area contributed by atoms with Crippen LogP contribution in [0.25, 0.3) is 0 Å². The summed E-state index contributed by atoms with van der Waals surface area (Å²) in [5, 5.41) is 15.4. The summed E-state index contributed by atoms with van der Waals surface area (Å²) in [6.07, 6.45) is 12.9. The molecule has 0 spiro atoms. The number of nitrogens with zero attached hydrogens (tertiary/aromatic N) is 2. The Morgan fingerprint density at radius 2 is 0.824 bits per heavy atom. The molecule has 452 valence electrons. The van der Waals surface area contributed by atoms with Gasteiger partial charge in [-0.2, -0.15) is 0 Å². The number of unbranched alkanes of at least 4 members (excludes halogenated alkanes) is 9. The molecule has 5 N–H and O–H groups in total. The Kier molecular flexibility index (Phi) is 19.4. The van der Waals surface area contributed by atoms with Crippen molar-refractivity contribution < 1.29 is 47.8 Å². The third-order valence-electron chi connectivity index (χ3n) is 18.0. The van der Waals surface area contributed by atoms with Gasteiger partial charge >= 0.3 is 12.1 Å². The first-order valence-electron chi connectivity index (χ1n) is 31.2. The lowest BCUT2D eigenvalue weighted by molar-refractivity contribution is -0.147. The molecule has 4 aromatic rings. The number of esters is 1. The SMILES string of the molecule is CC(C)(C)OC(=O)NC1(C(=O)OCCCCCCCCCCCCNC(=O)[C@@H]2CN(C(=O)c3ccc(C(=O)N4C[C@@H](C(=O)N[C@H]5C[C@@H]5c5ccccc5)[C@H](C(=O)N[C@H]5C[C@@H]5c5ccccc5)C4)cc3)C[C@H]2C(=O)N[C@H]2C[C@@H]2c2ccccc2)CC1. The highest BCUT2D eigenvalue weighted by Gasteiger charge is 2.54. The summed E-state index contributed by atoms with van der Waals surface area (Å²) in [6, 6.07) is 36.4. The number of carbonyl (C=O) groups is 8. The molecule has 17 nitrogen and oxygen atoms in total. The van der Waals surface area contributed by atoms with E-state index in [1.54, 1.807) is 54.8 Å². The molecule has 6 aliphatic rings. The maximum Gasteiger partial charge on any atom is 0.408 e. The molecular weight excluding hydrogens is 1070 g/mol. The lowest BCUT2D eigenvalue weighted by Crippen LogP contribution is -2.46. The average molecular weight is 1160 g/mol. The van der Waals surface area contributed by atoms with Gasteiger partial charge in [-0.05, 0) is 107 Å². The van der Waals surface area contributed by atoms with Crippen LogP contribution in [0.15, 0.2) is 115 Å². The summed E-state index contributed by atoms with van der Waals surface area (Å²) < 4.78 is 10.8. The van der Waals surface area contributed by atoms with E-state index in [4.69, 9.17) is 9.47 Å². The van der Waals surface area contributed by atoms with Gasteiger partial charge in [0, 0.05) is 79.7 Å². The van der Waals surface area contributed by atoms with Crippen LogP contribution in [-0.4, -0.2) is 126 Å². The van der Waals surface area contributed by atoms with Gasteiger partial charge in [0.2, 0.25) is 23.6 Å². The Hall–Kier alpha value is -7.56. The maximum absolute atomic E-state index is 14.3. The number of amides is 7. The highest BCUT2D eigenvalue weighted by molar-refractivity contribution is 6.00. The molecule has 4 aliphatic carbocycles. The van der Waals surface area contributed by atoms with E-state index in [2.05, 4.69) is 63.0 Å². The quantitative estimate of drug-likeness (QED) is 0.0282. The monoisotopic (exact) mass is 1160 g/mol. The number of likely N-dealkylation sites (tertiary alicyclic amines) is 2. The van der Waals surface area contributed by atoms with Gasteiger partial charge < -0.3 is 45.9 Å². The second-order valence-corrected chi connectivity index (χ2v) is 25.7. The summed E-state index contributed by atoms with van der Waals surface area (Å²) in [5.41, 5.74) is 2.49. The van der Waals surface area contributed by atoms with Crippen molar-refractivity contribution in [1.29, 1.82) is 0 Å². The number of benzene rings is 4. The van der Waals surface area contributed by atoms with E-state index < -0.39 is 46.9 Å². The Morgan fingerprint density at radius 1 is 0.471 bits per heavy atom. The number of carbonyl (C=O) groups excluding carboxylic acids is 8. The molecule has 0 aromatic heterocycles. The summed E-state index contributed by atoms with van der Waals surface area (Å²) in [6.45, 7) is 6.40. The van der Waals surface area contributed by atoms with Gasteiger partial charge in [0.15, 0.2) is 0 Å². The molecule has 2 heterocycles. The van der Waals surface area contributed by atoms with Crippen LogP contribution in [0.4, 0.5) is 4.79 Å². The van der Waals surface area contributed by atoms with Gasteiger partial charge in [0.05, 0.1) is 30.3 Å². The zero-order valence-corrected chi connectivity index (χ0v) is 49.6. The Morgan fingerprint density at radius 3 is 1.19 bits per heavy atom. The number of alkyl carbamates (subject to hydrolysis) is 1. The number of nitrogens with one attached hydrogen (secondary N) is 5. The number of hydrogen-bond acceptors (Lipinski definition) is 10. The largest absolute Gasteiger partial charge is 0.464 e. The molecule has 10 atom stereocenters. The van der Waals surface area contributed by atoms with Crippen LogP contribution in [0.5, 0.6) is 0 Å². The van der Waals surface area contributed by atoms with Crippen LogP contribution >= 0.6 is 0 Å². The molecule has 0 radical (unpaired) electrons. The standard InChI is InChI=1S/C68H85N7O10/c1-67(2,3)85-66(83)73-68(33-34-68)65(82)84-36-22-11-9-7-5-4-6-8-10-21-35-69-59(76)52-40-74(41-53(52)60(77)70-56-37-49(56)44-23-15-12-16-24-44)63(80)47-29-31-48(32-30-47)64(81)75-42-54(61(78)71-57-38-50(57)45-25-17-13-18-26-45)55(43-75)62(79)72-58-39-51(58)46-27-19-14-20-28-46/h12-20,23-32,49-58H,4-11,21-22,33-43H2,1-3H3,(H,69,76)(H,70,77)(H,71,78)(H,72,79)(H,73,83)/t49-,50-,51-,52-,53-,54-,55-,56+,57+,58+/m1/s1. The zero-order valence-electron chi connectivity index (χ0n) is 49.6. The summed E-state index contributed by atoms with van der Waals surface area (Å²) >= 11 is 0. The fraction of sp³-hybridized carbons (Fsp3) is 0.529. The fourth-order valence-electron chi connectivity index (χ4n) is 12.6. The third kappa shape index (κ3) is 16.1. The predicted molar refractivity (Wildman–Crippen MR) is 321 cm³/mol. The Bertz CT molecular complexity index is 2930. The fourth-order valence-corrected chi connectivity index (χ4v) is 12.6. The second kappa shape index (κ2) is 27.2. The van der Waals surface area contributed by atoms with Crippen molar-refractivity contribution in [2.24, 2.45) is 23.7 Å². The predicted octanol–water partition coefficient (Wildman–Crippen LogP) is 8.70. The minimum atomic E-state index is -0.949. The van der Waals surface area contributed by atoms with Gasteiger partial charge in [-0.15, -0.1) is 0 Å². The summed E-state index contributed by atoms with van der Waals surface area (Å²) in [5.74, 6) is -4.47. The van der Waals surface area contributed by atoms with E-state index in [0.29, 0.717) is 37.1 Å². The van der Waals surface area contributed by atoms with Crippen molar-refractivity contribution in [1.82, 2.24) is 36.4 Å². The highest BCUT2D eigenvalue weighted by Crippen LogP contribution is 2.44. The number of ether oxygens (including phenoxy) is 2. The molecule has 85 heavy (non-hydrogen) atoms. The minimum absolute atomic E-state index is 0.0459. The third-order valence-corrected chi connectivity index (χ3v) is 18.0. The van der Waals surface area contributed by atoms with Gasteiger partial charge in [-0.25, -0.2) is 9.59 Å². The van der Waals surface area contributed by atoms with Gasteiger partial charge in [-0.1, -0.05) is 142 Å². The molecule has 4 saturated carbocycles. The number of hydrogen-bond donors (Lipinski definition) is 5. The second-order valence-electron chi connectivity index (χ2n) is 25.7. The molecule has 2 aliphatic heterocycles. The molecular formula is C68H85N7O10. The van der Waals surface area contributed by atoms with E-state index in [0.717, 1.165) is 100 Å². The lowest BCUT2D eigenvalue weighted by Gasteiger charge is -2.22. The summed E-state index contributed by atoms with van der Waals surface area (Å²) in [4.78, 5) is 113. The van der Waals surface area contributed by atoms with Crippen LogP contribution < -0.4 is 26.6 Å². The molecule has 2 saturated heterocycles. The molecule has 0 unspecified atom stereocenters. The lowest BCUT2D eigenvalue weighted by atomic mass is 9.94. The first kappa shape index (κ1) is 60.6. The molecule has 6 fully saturated rings. The highest BCUT2D eigenvalue weighted by atomic mass is 16.6. The van der Waals surface area contributed by atoms with Crippen LogP contribution in [-0.2, 0) is 33.4 Å². The van der Waals surface area contributed by atoms with Crippen molar-refractivity contribution in [2.45, 2.75) is 164 Å². The van der Waals surface area contributed by atoms with Crippen LogP contribution in [0.3, 0.4) is 0 Å². The van der Waals surface area contributed by atoms with Crippen LogP contribution in [0, 0.1) is 23.7 Å². The Labute approximate surface area is 499 Å². The van der Waals surface area contributed by atoms with Crippen molar-refractivity contribution in [3.05, 3.63) is 143 Å². The molecule has 17 heteroatoms. The van der Waals surface area contributed by atoms with E-state index >= 15 is 0 Å². The van der Waals surface area contributed by atoms with Crippen molar-refractivity contribution in [3.63, 3.8) is 0 Å². The average Bonchev–Trinajstić information content (AvgIpc) is 3.83. The molecule has 4 aromatic carbocycles. The van der Waals surface area contributed by atoms with E-state index in [1.165, 1.54) is 0 Å². The summed E-state index contributed by atoms with van der Waals surface area (Å²) in [7, 11) is 0. The molecule has 7 amide bonds. The van der Waals surface area contributed by atoms with Crippen molar-refractivity contribution in [3.8, 4) is 0 Å². The van der Waals surface area contributed by atoms with Crippen molar-refractivity contribution in [2.75, 3.05) is 39.3 Å². The maximum atomic E-state index is 14.3. The van der Waals surface area contributed by atoms with E-state index in [1.807, 2.05) is 54.6 Å². The number of rotatable bonds is 27. The normalized spacial score (nSPS) is 25.0. The Balaban J connectivity index is 0.679. The topological polar surface area (TPSA) is 222 Å². The minimum Gasteiger partial charge on any atom is -0.464 e. The van der Waals surface area contributed by atoms with Gasteiger partial charge in [-0.3, -0.25) is 28.8 Å². The zero-order chi connectivity index (χ0) is 59.7. The smallest absolute Gasteiger partial charge is 0.408 e. The molecule has 10 rings (SSSR count). The first-order valence-corrected chi connectivity index (χ1v) is 31.2. The van der Waals surface area contributed by atoms with Gasteiger partial charge in [0.1, 0.15) is 11.1 Å². The van der Waals surface area contributed by atoms with Crippen molar-refractivity contribution >= 4 is 47.5 Å².